The molecule has 0 bridgehead atoms. The standard InChI is InChI=1S/C14H21N5O4/c1-4-22-5-8-7(2)23-13(10(8)20)19-6-18(3)9-11(19)16-14(15)17-12(9)21/h6-8,10,13,20H,4-5H2,1-3H3,(H2-,15,16,17,21)/p+1/t7-,8-,10-,13-/m1/s1. The maximum absolute atomic E-state index is 12.1. The number of hydrogen-bond donors (Lipinski definition) is 3. The predicted octanol–water partition coefficient (Wildman–Crippen LogP) is -0.938. The second-order valence-corrected chi connectivity index (χ2v) is 5.80. The van der Waals surface area contributed by atoms with Crippen molar-refractivity contribution in [1.29, 1.82) is 0 Å². The van der Waals surface area contributed by atoms with Gasteiger partial charge >= 0.3 is 5.65 Å². The van der Waals surface area contributed by atoms with Crippen LogP contribution in [0.5, 0.6) is 0 Å². The van der Waals surface area contributed by atoms with Crippen molar-refractivity contribution in [1.82, 2.24) is 14.5 Å². The van der Waals surface area contributed by atoms with Crippen LogP contribution in [0.15, 0.2) is 11.1 Å². The molecule has 1 fully saturated rings. The number of aliphatic hydroxyl groups is 1. The van der Waals surface area contributed by atoms with Crippen molar-refractivity contribution in [2.75, 3.05) is 18.9 Å². The Kier molecular flexibility index (Phi) is 4.09. The first kappa shape index (κ1) is 15.9. The number of aryl methyl sites for hydroxylation is 1. The maximum Gasteiger partial charge on any atom is 0.313 e. The Bertz CT molecular complexity index is 770. The molecule has 4 N–H and O–H groups in total. The van der Waals surface area contributed by atoms with Crippen LogP contribution in [-0.2, 0) is 16.5 Å². The molecule has 0 aromatic carbocycles. The normalized spacial score (nSPS) is 27.8. The first-order valence-electron chi connectivity index (χ1n) is 7.61. The fourth-order valence-corrected chi connectivity index (χ4v) is 3.06. The summed E-state index contributed by atoms with van der Waals surface area (Å²) >= 11 is 0. The van der Waals surface area contributed by atoms with Gasteiger partial charge in [-0.1, -0.05) is 4.98 Å². The summed E-state index contributed by atoms with van der Waals surface area (Å²) < 4.78 is 14.6. The molecule has 0 aliphatic carbocycles. The van der Waals surface area contributed by atoms with E-state index in [0.29, 0.717) is 24.4 Å². The zero-order chi connectivity index (χ0) is 16.7. The summed E-state index contributed by atoms with van der Waals surface area (Å²) in [6.45, 7) is 4.79. The number of anilines is 1. The van der Waals surface area contributed by atoms with Gasteiger partial charge in [0, 0.05) is 12.5 Å². The van der Waals surface area contributed by atoms with Gasteiger partial charge in [-0.2, -0.15) is 0 Å². The predicted molar refractivity (Wildman–Crippen MR) is 81.5 cm³/mol. The first-order chi connectivity index (χ1) is 10.9. The lowest BCUT2D eigenvalue weighted by Gasteiger charge is -2.16. The van der Waals surface area contributed by atoms with E-state index >= 15 is 0 Å². The third-order valence-electron chi connectivity index (χ3n) is 4.27. The quantitative estimate of drug-likeness (QED) is 0.625. The molecule has 126 valence electrons. The number of nitrogen functional groups attached to an aromatic ring is 1. The van der Waals surface area contributed by atoms with E-state index in [-0.39, 0.29) is 23.5 Å². The van der Waals surface area contributed by atoms with Crippen molar-refractivity contribution in [3.05, 3.63) is 16.7 Å². The Morgan fingerprint density at radius 2 is 2.35 bits per heavy atom. The molecule has 1 saturated heterocycles. The molecule has 0 unspecified atom stereocenters. The summed E-state index contributed by atoms with van der Waals surface area (Å²) in [6, 6.07) is 0. The largest absolute Gasteiger partial charge is 0.386 e. The smallest absolute Gasteiger partial charge is 0.313 e. The van der Waals surface area contributed by atoms with Crippen LogP contribution in [-0.4, -0.2) is 45.1 Å². The van der Waals surface area contributed by atoms with Gasteiger partial charge in [0.25, 0.3) is 11.5 Å². The van der Waals surface area contributed by atoms with Crippen LogP contribution in [0.1, 0.15) is 20.1 Å². The average Bonchev–Trinajstić information content (AvgIpc) is 2.95. The zero-order valence-corrected chi connectivity index (χ0v) is 13.4. The summed E-state index contributed by atoms with van der Waals surface area (Å²) in [5, 5.41) is 10.6. The van der Waals surface area contributed by atoms with Crippen molar-refractivity contribution in [2.24, 2.45) is 13.0 Å². The number of aromatic nitrogens is 4. The second kappa shape index (κ2) is 5.91. The number of hydrogen-bond acceptors (Lipinski definition) is 6. The van der Waals surface area contributed by atoms with Crippen LogP contribution in [0.25, 0.3) is 11.2 Å². The fourth-order valence-electron chi connectivity index (χ4n) is 3.06. The Morgan fingerprint density at radius 3 is 3.04 bits per heavy atom. The lowest BCUT2D eigenvalue weighted by atomic mass is 10.0. The molecule has 2 aromatic heterocycles. The highest BCUT2D eigenvalue weighted by Crippen LogP contribution is 2.31. The number of ether oxygens (including phenoxy) is 2. The minimum atomic E-state index is -0.769. The molecule has 1 aliphatic heterocycles. The molecule has 0 spiro atoms. The van der Waals surface area contributed by atoms with Gasteiger partial charge in [0.05, 0.1) is 19.8 Å². The molecule has 3 rings (SSSR count). The van der Waals surface area contributed by atoms with Crippen molar-refractivity contribution in [3.8, 4) is 0 Å². The Hall–Kier alpha value is -1.97. The van der Waals surface area contributed by atoms with Crippen LogP contribution in [0.3, 0.4) is 0 Å². The summed E-state index contributed by atoms with van der Waals surface area (Å²) in [5.74, 6) is -0.129. The van der Waals surface area contributed by atoms with E-state index in [1.165, 1.54) is 0 Å². The Labute approximate surface area is 132 Å². The molecule has 0 saturated carbocycles. The van der Waals surface area contributed by atoms with Gasteiger partial charge < -0.3 is 20.3 Å². The summed E-state index contributed by atoms with van der Waals surface area (Å²) in [5.41, 5.74) is 6.06. The fraction of sp³-hybridized carbons (Fsp3) is 0.643. The van der Waals surface area contributed by atoms with E-state index in [1.807, 2.05) is 13.8 Å². The molecule has 0 amide bonds. The van der Waals surface area contributed by atoms with Crippen molar-refractivity contribution in [2.45, 2.75) is 32.3 Å². The molecule has 3 heterocycles. The van der Waals surface area contributed by atoms with Crippen LogP contribution in [0.2, 0.25) is 0 Å². The minimum Gasteiger partial charge on any atom is -0.386 e. The number of aromatic amines is 1. The lowest BCUT2D eigenvalue weighted by molar-refractivity contribution is -0.745. The molecule has 1 aliphatic rings. The summed E-state index contributed by atoms with van der Waals surface area (Å²) in [4.78, 5) is 18.7. The number of H-pyrrole nitrogens is 1. The molecule has 0 radical (unpaired) electrons. The number of nitrogens with two attached hydrogens (primary N) is 1. The van der Waals surface area contributed by atoms with Crippen LogP contribution in [0.4, 0.5) is 5.95 Å². The van der Waals surface area contributed by atoms with E-state index in [0.717, 1.165) is 0 Å². The van der Waals surface area contributed by atoms with E-state index in [1.54, 1.807) is 22.5 Å². The van der Waals surface area contributed by atoms with Gasteiger partial charge in [0.1, 0.15) is 6.10 Å². The molecule has 2 aromatic rings. The van der Waals surface area contributed by atoms with Crippen molar-refractivity contribution < 1.29 is 19.1 Å². The third kappa shape index (κ3) is 2.60. The van der Waals surface area contributed by atoms with Gasteiger partial charge in [0.2, 0.25) is 11.7 Å². The van der Waals surface area contributed by atoms with E-state index in [9.17, 15) is 9.90 Å². The van der Waals surface area contributed by atoms with Gasteiger partial charge in [-0.15, -0.1) is 0 Å². The molecule has 9 heteroatoms. The number of aliphatic hydroxyl groups excluding tert-OH is 1. The van der Waals surface area contributed by atoms with Crippen LogP contribution >= 0.6 is 0 Å². The van der Waals surface area contributed by atoms with Crippen LogP contribution in [0, 0.1) is 5.92 Å². The molecule has 23 heavy (non-hydrogen) atoms. The third-order valence-corrected chi connectivity index (χ3v) is 4.27. The van der Waals surface area contributed by atoms with Crippen molar-refractivity contribution >= 4 is 17.1 Å². The topological polar surface area (TPSA) is 119 Å². The van der Waals surface area contributed by atoms with Crippen molar-refractivity contribution in [3.63, 3.8) is 0 Å². The van der Waals surface area contributed by atoms with E-state index in [4.69, 9.17) is 15.2 Å². The van der Waals surface area contributed by atoms with Gasteiger partial charge in [0.15, 0.2) is 6.33 Å². The summed E-state index contributed by atoms with van der Waals surface area (Å²) in [6.07, 6.45) is 0.0849. The first-order valence-corrected chi connectivity index (χ1v) is 7.61. The molecular formula is C14H22N5O4+. The molecular weight excluding hydrogens is 302 g/mol. The molecule has 4 atom stereocenters. The van der Waals surface area contributed by atoms with Gasteiger partial charge in [-0.3, -0.25) is 14.3 Å². The number of nitrogens with one attached hydrogen (secondary N) is 1. The SMILES string of the molecule is CCOC[C@H]1[C@@H](O)[C@H]([n+]2cn(C)c3c(=O)[nH]c(N)nc32)O[C@@H]1C. The van der Waals surface area contributed by atoms with E-state index < -0.39 is 12.3 Å². The van der Waals surface area contributed by atoms with Crippen LogP contribution < -0.4 is 15.9 Å². The monoisotopic (exact) mass is 324 g/mol. The van der Waals surface area contributed by atoms with Gasteiger partial charge in [-0.05, 0) is 13.8 Å². The average molecular weight is 324 g/mol. The van der Waals surface area contributed by atoms with E-state index in [2.05, 4.69) is 9.97 Å². The lowest BCUT2D eigenvalue weighted by Crippen LogP contribution is -2.45. The highest BCUT2D eigenvalue weighted by atomic mass is 16.5. The Morgan fingerprint density at radius 1 is 1.61 bits per heavy atom. The number of nitrogens with zero attached hydrogens (tertiary/aromatic N) is 3. The number of fused-ring (bicyclic) bond motifs is 1. The zero-order valence-electron chi connectivity index (χ0n) is 13.4. The highest BCUT2D eigenvalue weighted by molar-refractivity contribution is 5.67. The maximum atomic E-state index is 12.1. The second-order valence-electron chi connectivity index (χ2n) is 5.80. The number of rotatable bonds is 4. The molecule has 9 nitrogen and oxygen atoms in total. The highest BCUT2D eigenvalue weighted by Gasteiger charge is 2.45. The summed E-state index contributed by atoms with van der Waals surface area (Å²) in [7, 11) is 1.73. The Balaban J connectivity index is 2.02. The minimum absolute atomic E-state index is 0.0221. The number of imidazole rings is 1. The van der Waals surface area contributed by atoms with Gasteiger partial charge in [-0.25, -0.2) is 4.57 Å².